The predicted octanol–water partition coefficient (Wildman–Crippen LogP) is 2.25. The molecule has 0 amide bonds. The van der Waals surface area contributed by atoms with E-state index in [1.807, 2.05) is 6.92 Å². The van der Waals surface area contributed by atoms with Gasteiger partial charge in [-0.2, -0.15) is 0 Å². The number of benzene rings is 1. The van der Waals surface area contributed by atoms with Crippen molar-refractivity contribution in [3.8, 4) is 11.6 Å². The lowest BCUT2D eigenvalue weighted by molar-refractivity contribution is 0.429. The maximum Gasteiger partial charge on any atom is 0.335 e. The molecule has 7 heteroatoms. The van der Waals surface area contributed by atoms with E-state index in [4.69, 9.17) is 11.6 Å². The smallest absolute Gasteiger partial charge is 0.335 e. The van der Waals surface area contributed by atoms with E-state index in [0.717, 1.165) is 17.4 Å². The van der Waals surface area contributed by atoms with Crippen molar-refractivity contribution in [3.63, 3.8) is 0 Å². The topological polar surface area (TPSA) is 87.4 Å². The lowest BCUT2D eigenvalue weighted by atomic mass is 10.1. The number of aliphatic imine (C=N–C) groups is 1. The second-order valence-corrected chi connectivity index (χ2v) is 5.87. The molecule has 0 spiro atoms. The molecule has 0 unspecified atom stereocenters. The van der Waals surface area contributed by atoms with Crippen molar-refractivity contribution in [2.24, 2.45) is 4.99 Å². The van der Waals surface area contributed by atoms with Gasteiger partial charge >= 0.3 is 5.69 Å². The van der Waals surface area contributed by atoms with Crippen molar-refractivity contribution in [1.29, 1.82) is 0 Å². The van der Waals surface area contributed by atoms with Crippen molar-refractivity contribution >= 4 is 17.3 Å². The fraction of sp³-hybridized carbons (Fsp3) is 0.312. The average Bonchev–Trinajstić information content (AvgIpc) is 3.31. The maximum absolute atomic E-state index is 12.2. The first kappa shape index (κ1) is 15.6. The molecule has 0 saturated heterocycles. The van der Waals surface area contributed by atoms with Crippen LogP contribution in [0.15, 0.2) is 38.8 Å². The quantitative estimate of drug-likeness (QED) is 0.841. The van der Waals surface area contributed by atoms with Crippen molar-refractivity contribution in [2.75, 3.05) is 0 Å². The molecule has 1 aromatic carbocycles. The summed E-state index contributed by atoms with van der Waals surface area (Å²) in [5, 5.41) is 11.0. The summed E-state index contributed by atoms with van der Waals surface area (Å²) in [5.41, 5.74) is -0.362. The number of H-pyrrole nitrogens is 1. The van der Waals surface area contributed by atoms with E-state index in [0.29, 0.717) is 22.8 Å². The van der Waals surface area contributed by atoms with Gasteiger partial charge in [0.05, 0.1) is 17.4 Å². The highest BCUT2D eigenvalue weighted by molar-refractivity contribution is 6.30. The minimum atomic E-state index is -0.708. The molecule has 3 rings (SSSR count). The number of hydrogen-bond acceptors (Lipinski definition) is 4. The second kappa shape index (κ2) is 6.04. The molecule has 120 valence electrons. The Hall–Kier alpha value is -2.34. The van der Waals surface area contributed by atoms with Crippen LogP contribution < -0.4 is 11.2 Å². The number of nitrogens with zero attached hydrogens (tertiary/aromatic N) is 2. The monoisotopic (exact) mass is 333 g/mol. The van der Waals surface area contributed by atoms with Gasteiger partial charge in [0.1, 0.15) is 5.56 Å². The number of hydrogen-bond donors (Lipinski definition) is 2. The van der Waals surface area contributed by atoms with E-state index in [1.54, 1.807) is 24.3 Å². The van der Waals surface area contributed by atoms with Crippen LogP contribution in [-0.4, -0.2) is 26.4 Å². The highest BCUT2D eigenvalue weighted by Crippen LogP contribution is 2.26. The van der Waals surface area contributed by atoms with Gasteiger partial charge in [0, 0.05) is 5.02 Å². The minimum Gasteiger partial charge on any atom is -0.493 e. The third-order valence-electron chi connectivity index (χ3n) is 3.68. The van der Waals surface area contributed by atoms with Gasteiger partial charge in [-0.05, 0) is 43.5 Å². The highest BCUT2D eigenvalue weighted by Gasteiger charge is 2.24. The Bertz CT molecular complexity index is 877. The van der Waals surface area contributed by atoms with Crippen molar-refractivity contribution < 1.29 is 5.11 Å². The predicted molar refractivity (Wildman–Crippen MR) is 89.2 cm³/mol. The van der Waals surface area contributed by atoms with Gasteiger partial charge in [-0.3, -0.25) is 14.8 Å². The number of aromatic nitrogens is 2. The third kappa shape index (κ3) is 3.07. The van der Waals surface area contributed by atoms with Crippen LogP contribution in [0.5, 0.6) is 5.88 Å². The van der Waals surface area contributed by atoms with Crippen LogP contribution in [0.4, 0.5) is 0 Å². The van der Waals surface area contributed by atoms with Crippen LogP contribution >= 0.6 is 11.6 Å². The Morgan fingerprint density at radius 1 is 1.35 bits per heavy atom. The first-order valence-corrected chi connectivity index (χ1v) is 7.80. The zero-order valence-electron chi connectivity index (χ0n) is 12.5. The van der Waals surface area contributed by atoms with Crippen LogP contribution in [0.1, 0.15) is 31.7 Å². The first-order valence-electron chi connectivity index (χ1n) is 7.42. The third-order valence-corrected chi connectivity index (χ3v) is 3.93. The van der Waals surface area contributed by atoms with Gasteiger partial charge in [-0.25, -0.2) is 9.36 Å². The van der Waals surface area contributed by atoms with Crippen molar-refractivity contribution in [1.82, 2.24) is 9.55 Å². The first-order chi connectivity index (χ1) is 11.0. The lowest BCUT2D eigenvalue weighted by Crippen LogP contribution is -2.33. The number of aromatic hydroxyl groups is 1. The molecule has 1 saturated carbocycles. The summed E-state index contributed by atoms with van der Waals surface area (Å²) in [7, 11) is 0. The zero-order valence-corrected chi connectivity index (χ0v) is 13.3. The summed E-state index contributed by atoms with van der Waals surface area (Å²) < 4.78 is 1.05. The molecule has 0 atom stereocenters. The van der Waals surface area contributed by atoms with E-state index >= 15 is 0 Å². The van der Waals surface area contributed by atoms with Crippen LogP contribution in [0.2, 0.25) is 5.02 Å². The Morgan fingerprint density at radius 3 is 2.57 bits per heavy atom. The number of halogens is 1. The molecule has 1 aliphatic carbocycles. The van der Waals surface area contributed by atoms with Gasteiger partial charge < -0.3 is 5.11 Å². The molecule has 1 aliphatic rings. The van der Waals surface area contributed by atoms with Gasteiger partial charge in [0.2, 0.25) is 5.88 Å². The van der Waals surface area contributed by atoms with Crippen LogP contribution in [-0.2, 0) is 0 Å². The summed E-state index contributed by atoms with van der Waals surface area (Å²) in [5.74, 6) is -0.401. The maximum atomic E-state index is 12.2. The van der Waals surface area contributed by atoms with Crippen molar-refractivity contribution in [3.05, 3.63) is 55.7 Å². The molecular formula is C16H16ClN3O3. The van der Waals surface area contributed by atoms with Crippen LogP contribution in [0.25, 0.3) is 5.69 Å². The highest BCUT2D eigenvalue weighted by atomic mass is 35.5. The van der Waals surface area contributed by atoms with E-state index in [9.17, 15) is 14.7 Å². The van der Waals surface area contributed by atoms with E-state index in [1.165, 1.54) is 0 Å². The van der Waals surface area contributed by atoms with Crippen molar-refractivity contribution in [2.45, 2.75) is 32.2 Å². The van der Waals surface area contributed by atoms with Gasteiger partial charge in [-0.1, -0.05) is 18.5 Å². The normalized spacial score (nSPS) is 15.0. The Kier molecular flexibility index (Phi) is 4.09. The summed E-state index contributed by atoms with van der Waals surface area (Å²) in [6.45, 7) is 1.86. The largest absolute Gasteiger partial charge is 0.493 e. The van der Waals surface area contributed by atoms with E-state index in [-0.39, 0.29) is 11.6 Å². The summed E-state index contributed by atoms with van der Waals surface area (Å²) in [6.07, 6.45) is 2.46. The SMILES string of the molecule is CCC(=NC1CC1)c1c(O)n(-c2ccc(Cl)cc2)c(=O)[nH]c1=O. The summed E-state index contributed by atoms with van der Waals surface area (Å²) >= 11 is 5.85. The van der Waals surface area contributed by atoms with Gasteiger partial charge in [-0.15, -0.1) is 0 Å². The molecule has 2 aromatic rings. The van der Waals surface area contributed by atoms with Gasteiger partial charge in [0.25, 0.3) is 5.56 Å². The number of aromatic amines is 1. The molecule has 6 nitrogen and oxygen atoms in total. The molecule has 1 fully saturated rings. The molecular weight excluding hydrogens is 318 g/mol. The average molecular weight is 334 g/mol. The molecule has 0 radical (unpaired) electrons. The Balaban J connectivity index is 2.22. The molecule has 2 N–H and O–H groups in total. The summed E-state index contributed by atoms with van der Waals surface area (Å²) in [6, 6.07) is 6.60. The molecule has 0 aliphatic heterocycles. The fourth-order valence-electron chi connectivity index (χ4n) is 2.37. The lowest BCUT2D eigenvalue weighted by Gasteiger charge is -2.12. The van der Waals surface area contributed by atoms with E-state index < -0.39 is 17.1 Å². The van der Waals surface area contributed by atoms with Crippen LogP contribution in [0.3, 0.4) is 0 Å². The minimum absolute atomic E-state index is 0.0500. The molecule has 0 bridgehead atoms. The van der Waals surface area contributed by atoms with E-state index in [2.05, 4.69) is 9.98 Å². The Morgan fingerprint density at radius 2 is 2.00 bits per heavy atom. The van der Waals surface area contributed by atoms with Crippen LogP contribution in [0, 0.1) is 0 Å². The summed E-state index contributed by atoms with van der Waals surface area (Å²) in [4.78, 5) is 31.0. The molecule has 1 aromatic heterocycles. The molecule has 23 heavy (non-hydrogen) atoms. The number of nitrogens with one attached hydrogen (secondary N) is 1. The standard InChI is InChI=1S/C16H16ClN3O3/c1-2-12(18-10-5-6-10)13-14(21)19-16(23)20(15(13)22)11-7-3-9(17)4-8-11/h3-4,7-8,10,22H,2,5-6H2,1H3,(H,19,21,23). The Labute approximate surface area is 137 Å². The number of rotatable bonds is 4. The fourth-order valence-corrected chi connectivity index (χ4v) is 2.50. The van der Waals surface area contributed by atoms with Gasteiger partial charge in [0.15, 0.2) is 0 Å². The zero-order chi connectivity index (χ0) is 16.6. The molecule has 1 heterocycles. The second-order valence-electron chi connectivity index (χ2n) is 5.43.